The van der Waals surface area contributed by atoms with Crippen LogP contribution in [0.1, 0.15) is 51.5 Å². The summed E-state index contributed by atoms with van der Waals surface area (Å²) in [7, 11) is 1.42. The molecule has 6 nitrogen and oxygen atoms in total. The molecule has 1 fully saturated rings. The Kier molecular flexibility index (Phi) is 9.24. The van der Waals surface area contributed by atoms with Gasteiger partial charge in [0, 0.05) is 25.8 Å². The van der Waals surface area contributed by atoms with Crippen LogP contribution in [0.4, 0.5) is 17.2 Å². The molecule has 180 valence electrons. The number of aromatic nitrogens is 1. The third kappa shape index (κ3) is 6.98. The van der Waals surface area contributed by atoms with Crippen molar-refractivity contribution >= 4 is 46.4 Å². The molecule has 1 aromatic carbocycles. The molecule has 33 heavy (non-hydrogen) atoms. The van der Waals surface area contributed by atoms with Crippen LogP contribution in [0, 0.1) is 5.92 Å². The van der Waals surface area contributed by atoms with E-state index in [1.807, 2.05) is 13.0 Å². The third-order valence-corrected chi connectivity index (χ3v) is 6.55. The molecule has 1 N–H and O–H groups in total. The fourth-order valence-corrected chi connectivity index (χ4v) is 4.38. The molecular formula is C25H33Cl2N3O3. The number of rotatable bonds is 9. The van der Waals surface area contributed by atoms with E-state index in [4.69, 9.17) is 32.7 Å². The molecule has 0 radical (unpaired) electrons. The first kappa shape index (κ1) is 25.6. The molecule has 1 unspecified atom stereocenters. The first-order valence-corrected chi connectivity index (χ1v) is 12.2. The monoisotopic (exact) mass is 493 g/mol. The first-order chi connectivity index (χ1) is 15.8. The van der Waals surface area contributed by atoms with Crippen LogP contribution in [-0.4, -0.2) is 43.9 Å². The number of halogens is 2. The average Bonchev–Trinajstić information content (AvgIpc) is 2.80. The van der Waals surface area contributed by atoms with Gasteiger partial charge in [-0.1, -0.05) is 50.0 Å². The molecule has 1 aliphatic heterocycles. The zero-order valence-corrected chi connectivity index (χ0v) is 21.2. The van der Waals surface area contributed by atoms with Crippen LogP contribution < -0.4 is 10.2 Å². The number of methoxy groups -OCH3 is 1. The molecule has 1 saturated heterocycles. The van der Waals surface area contributed by atoms with Crippen molar-refractivity contribution in [1.29, 1.82) is 0 Å². The summed E-state index contributed by atoms with van der Waals surface area (Å²) in [5.41, 5.74) is 3.06. The summed E-state index contributed by atoms with van der Waals surface area (Å²) >= 11 is 12.2. The summed E-state index contributed by atoms with van der Waals surface area (Å²) in [5, 5.41) is 4.11. The number of pyridine rings is 1. The van der Waals surface area contributed by atoms with Crippen molar-refractivity contribution < 1.29 is 14.3 Å². The van der Waals surface area contributed by atoms with Crippen LogP contribution in [-0.2, 0) is 14.3 Å². The van der Waals surface area contributed by atoms with Gasteiger partial charge in [0.25, 0.3) is 0 Å². The van der Waals surface area contributed by atoms with Crippen LogP contribution in [0.25, 0.3) is 0 Å². The normalized spacial score (nSPS) is 15.4. The minimum atomic E-state index is -0.226. The lowest BCUT2D eigenvalue weighted by atomic mass is 9.95. The van der Waals surface area contributed by atoms with Crippen LogP contribution in [0.5, 0.6) is 0 Å². The molecule has 0 spiro atoms. The molecule has 2 aromatic rings. The van der Waals surface area contributed by atoms with Gasteiger partial charge in [-0.15, -0.1) is 0 Å². The zero-order chi connectivity index (χ0) is 24.0. The van der Waals surface area contributed by atoms with Gasteiger partial charge >= 0.3 is 5.97 Å². The van der Waals surface area contributed by atoms with Gasteiger partial charge < -0.3 is 19.7 Å². The largest absolute Gasteiger partial charge is 0.469 e. The summed E-state index contributed by atoms with van der Waals surface area (Å²) in [6.07, 6.45) is 2.28. The Morgan fingerprint density at radius 1 is 1.21 bits per heavy atom. The Morgan fingerprint density at radius 2 is 1.94 bits per heavy atom. The molecule has 8 heteroatoms. The fourth-order valence-electron chi connectivity index (χ4n) is 4.12. The van der Waals surface area contributed by atoms with Gasteiger partial charge in [0.2, 0.25) is 0 Å². The SMILES string of the molecule is COC(=O)CC(C)c1ccc(N(CC(C)C)C2CCOCC2)c(Nc2ccc(Cl)c(Cl)n2)c1. The Labute approximate surface area is 206 Å². The summed E-state index contributed by atoms with van der Waals surface area (Å²) < 4.78 is 10.5. The predicted molar refractivity (Wildman–Crippen MR) is 135 cm³/mol. The van der Waals surface area contributed by atoms with Crippen molar-refractivity contribution in [1.82, 2.24) is 4.98 Å². The number of carbonyl (C=O) groups excluding carboxylic acids is 1. The van der Waals surface area contributed by atoms with E-state index >= 15 is 0 Å². The van der Waals surface area contributed by atoms with Crippen LogP contribution >= 0.6 is 23.2 Å². The number of nitrogens with one attached hydrogen (secondary N) is 1. The van der Waals surface area contributed by atoms with Crippen molar-refractivity contribution in [2.24, 2.45) is 5.92 Å². The summed E-state index contributed by atoms with van der Waals surface area (Å²) in [6.45, 7) is 8.94. The average molecular weight is 494 g/mol. The van der Waals surface area contributed by atoms with Crippen molar-refractivity contribution in [2.75, 3.05) is 37.1 Å². The van der Waals surface area contributed by atoms with Gasteiger partial charge in [0.15, 0.2) is 0 Å². The lowest BCUT2D eigenvalue weighted by Crippen LogP contribution is -2.42. The zero-order valence-electron chi connectivity index (χ0n) is 19.7. The number of hydrogen-bond acceptors (Lipinski definition) is 6. The predicted octanol–water partition coefficient (Wildman–Crippen LogP) is 6.44. The van der Waals surface area contributed by atoms with Gasteiger partial charge in [-0.2, -0.15) is 0 Å². The molecule has 0 saturated carbocycles. The van der Waals surface area contributed by atoms with Crippen LogP contribution in [0.2, 0.25) is 10.2 Å². The number of anilines is 3. The molecule has 1 aliphatic rings. The number of esters is 1. The van der Waals surface area contributed by atoms with E-state index in [1.54, 1.807) is 6.07 Å². The standard InChI is InChI=1S/C25H33Cl2N3O3/c1-16(2)15-30(19-9-11-33-12-10-19)22-7-5-18(17(3)13-24(31)32-4)14-21(22)28-23-8-6-20(26)25(27)29-23/h5-8,14,16-17,19H,9-13,15H2,1-4H3,(H,28,29). The maximum Gasteiger partial charge on any atom is 0.306 e. The second-order valence-electron chi connectivity index (χ2n) is 8.94. The Hall–Kier alpha value is -2.02. The van der Waals surface area contributed by atoms with Gasteiger partial charge in [0.1, 0.15) is 11.0 Å². The summed E-state index contributed by atoms with van der Waals surface area (Å²) in [4.78, 5) is 18.7. The maximum absolute atomic E-state index is 11.8. The first-order valence-electron chi connectivity index (χ1n) is 11.4. The minimum absolute atomic E-state index is 0.00967. The lowest BCUT2D eigenvalue weighted by molar-refractivity contribution is -0.140. The molecule has 1 aromatic heterocycles. The quantitative estimate of drug-likeness (QED) is 0.320. The highest BCUT2D eigenvalue weighted by Crippen LogP contribution is 2.36. The van der Waals surface area contributed by atoms with Gasteiger partial charge in [-0.25, -0.2) is 4.98 Å². The van der Waals surface area contributed by atoms with Crippen LogP contribution in [0.15, 0.2) is 30.3 Å². The highest BCUT2D eigenvalue weighted by molar-refractivity contribution is 6.41. The minimum Gasteiger partial charge on any atom is -0.469 e. The summed E-state index contributed by atoms with van der Waals surface area (Å²) in [6, 6.07) is 10.3. The Morgan fingerprint density at radius 3 is 2.58 bits per heavy atom. The molecule has 0 bridgehead atoms. The number of ether oxygens (including phenoxy) is 2. The smallest absolute Gasteiger partial charge is 0.306 e. The van der Waals surface area contributed by atoms with Crippen molar-refractivity contribution in [2.45, 2.75) is 52.0 Å². The Balaban J connectivity index is 2.01. The van der Waals surface area contributed by atoms with Gasteiger partial charge in [-0.05, 0) is 54.5 Å². The van der Waals surface area contributed by atoms with E-state index in [0.29, 0.717) is 29.2 Å². The number of hydrogen-bond donors (Lipinski definition) is 1. The second-order valence-corrected chi connectivity index (χ2v) is 9.71. The topological polar surface area (TPSA) is 63.7 Å². The van der Waals surface area contributed by atoms with Gasteiger partial charge in [0.05, 0.1) is 29.9 Å². The van der Waals surface area contributed by atoms with Crippen molar-refractivity contribution in [3.8, 4) is 0 Å². The number of benzene rings is 1. The van der Waals surface area contributed by atoms with Gasteiger partial charge in [-0.3, -0.25) is 4.79 Å². The van der Waals surface area contributed by atoms with Crippen molar-refractivity contribution in [3.05, 3.63) is 46.1 Å². The molecule has 3 rings (SSSR count). The number of carbonyl (C=O) groups is 1. The molecule has 2 heterocycles. The highest BCUT2D eigenvalue weighted by atomic mass is 35.5. The van der Waals surface area contributed by atoms with E-state index in [1.165, 1.54) is 7.11 Å². The van der Waals surface area contributed by atoms with E-state index in [9.17, 15) is 4.79 Å². The Bertz CT molecular complexity index is 948. The second kappa shape index (κ2) is 11.9. The molecule has 0 amide bonds. The van der Waals surface area contributed by atoms with Crippen molar-refractivity contribution in [3.63, 3.8) is 0 Å². The van der Waals surface area contributed by atoms with E-state index in [-0.39, 0.29) is 17.0 Å². The third-order valence-electron chi connectivity index (χ3n) is 5.86. The van der Waals surface area contributed by atoms with Crippen LogP contribution in [0.3, 0.4) is 0 Å². The lowest BCUT2D eigenvalue weighted by Gasteiger charge is -2.38. The molecule has 1 atom stereocenters. The molecule has 0 aliphatic carbocycles. The molecular weight excluding hydrogens is 461 g/mol. The number of nitrogens with zero attached hydrogens (tertiary/aromatic N) is 2. The van der Waals surface area contributed by atoms with E-state index in [2.05, 4.69) is 47.2 Å². The maximum atomic E-state index is 11.8. The highest BCUT2D eigenvalue weighted by Gasteiger charge is 2.25. The summed E-state index contributed by atoms with van der Waals surface area (Å²) in [5.74, 6) is 0.882. The van der Waals surface area contributed by atoms with E-state index < -0.39 is 0 Å². The van der Waals surface area contributed by atoms with E-state index in [0.717, 1.165) is 49.5 Å². The fraction of sp³-hybridized carbons (Fsp3) is 0.520.